The Balaban J connectivity index is 2.92. The van der Waals surface area contributed by atoms with Crippen molar-refractivity contribution in [1.29, 1.82) is 0 Å². The Morgan fingerprint density at radius 3 is 2.29 bits per heavy atom. The van der Waals surface area contributed by atoms with Crippen molar-refractivity contribution >= 4 is 17.6 Å². The predicted molar refractivity (Wildman–Crippen MR) is 81.4 cm³/mol. The van der Waals surface area contributed by atoms with Gasteiger partial charge >= 0.3 is 5.97 Å². The van der Waals surface area contributed by atoms with Crippen LogP contribution in [0, 0.1) is 25.2 Å². The molecule has 0 aromatic heterocycles. The van der Waals surface area contributed by atoms with Crippen molar-refractivity contribution in [1.82, 2.24) is 0 Å². The van der Waals surface area contributed by atoms with Gasteiger partial charge in [-0.25, -0.2) is 0 Å². The summed E-state index contributed by atoms with van der Waals surface area (Å²) in [6.07, 6.45) is -0.0979. The number of aromatic hydroxyl groups is 1. The molecule has 0 radical (unpaired) electrons. The van der Waals surface area contributed by atoms with Crippen molar-refractivity contribution in [2.45, 2.75) is 41.0 Å². The Labute approximate surface area is 125 Å². The molecule has 21 heavy (non-hydrogen) atoms. The Kier molecular flexibility index (Phi) is 4.99. The number of aryl methyl sites for hydroxylation is 2. The van der Waals surface area contributed by atoms with Gasteiger partial charge in [0.1, 0.15) is 5.75 Å². The smallest absolute Gasteiger partial charge is 0.310 e. The number of hydrogen-bond acceptors (Lipinski definition) is 3. The highest BCUT2D eigenvalue weighted by molar-refractivity contribution is 5.95. The molecule has 3 N–H and O–H groups in total. The molecule has 0 heterocycles. The Morgan fingerprint density at radius 2 is 1.81 bits per heavy atom. The van der Waals surface area contributed by atoms with Gasteiger partial charge in [0.05, 0.1) is 5.41 Å². The van der Waals surface area contributed by atoms with Crippen LogP contribution in [-0.4, -0.2) is 22.1 Å². The molecule has 0 bridgehead atoms. The summed E-state index contributed by atoms with van der Waals surface area (Å²) in [6, 6.07) is 3.25. The van der Waals surface area contributed by atoms with E-state index in [2.05, 4.69) is 5.32 Å². The number of carboxylic acid groups (broad SMARTS) is 1. The normalized spacial score (nSPS) is 13.8. The lowest BCUT2D eigenvalue weighted by atomic mass is 9.76. The first kappa shape index (κ1) is 17.0. The average Bonchev–Trinajstić information content (AvgIpc) is 2.35. The number of carboxylic acids is 1. The van der Waals surface area contributed by atoms with E-state index in [-0.39, 0.29) is 24.0 Å². The number of amides is 1. The lowest BCUT2D eigenvalue weighted by Gasteiger charge is -2.28. The highest BCUT2D eigenvalue weighted by atomic mass is 16.4. The molecule has 1 rings (SSSR count). The van der Waals surface area contributed by atoms with E-state index in [4.69, 9.17) is 0 Å². The standard InChI is InChI=1S/C16H23NO4/c1-9(2)16(5,15(20)21)8-14(19)17-12-6-11(4)13(18)7-10(12)3/h6-7,9,18H,8H2,1-5H3,(H,17,19)(H,20,21). The van der Waals surface area contributed by atoms with Gasteiger partial charge in [0.25, 0.3) is 0 Å². The summed E-state index contributed by atoms with van der Waals surface area (Å²) in [6.45, 7) is 8.66. The molecule has 1 atom stereocenters. The van der Waals surface area contributed by atoms with Crippen molar-refractivity contribution in [3.8, 4) is 5.75 Å². The molecule has 0 aliphatic rings. The van der Waals surface area contributed by atoms with Crippen LogP contribution >= 0.6 is 0 Å². The third-order valence-electron chi connectivity index (χ3n) is 4.11. The molecule has 0 saturated carbocycles. The molecule has 5 heteroatoms. The lowest BCUT2D eigenvalue weighted by Crippen LogP contribution is -2.37. The van der Waals surface area contributed by atoms with Gasteiger partial charge in [-0.2, -0.15) is 0 Å². The molecular weight excluding hydrogens is 270 g/mol. The van der Waals surface area contributed by atoms with Gasteiger partial charge < -0.3 is 15.5 Å². The van der Waals surface area contributed by atoms with E-state index < -0.39 is 11.4 Å². The number of carbonyl (C=O) groups is 2. The monoisotopic (exact) mass is 293 g/mol. The molecule has 0 aliphatic carbocycles. The Bertz CT molecular complexity index is 566. The van der Waals surface area contributed by atoms with Crippen LogP contribution in [0.4, 0.5) is 5.69 Å². The molecule has 1 amide bonds. The number of aliphatic carboxylic acids is 1. The highest BCUT2D eigenvalue weighted by Gasteiger charge is 2.38. The van der Waals surface area contributed by atoms with Crippen molar-refractivity contribution in [3.05, 3.63) is 23.3 Å². The lowest BCUT2D eigenvalue weighted by molar-refractivity contribution is -0.153. The van der Waals surface area contributed by atoms with Crippen LogP contribution in [0.5, 0.6) is 5.75 Å². The van der Waals surface area contributed by atoms with Crippen LogP contribution in [0.15, 0.2) is 12.1 Å². The molecule has 1 aromatic carbocycles. The van der Waals surface area contributed by atoms with Gasteiger partial charge in [0, 0.05) is 12.1 Å². The third-order valence-corrected chi connectivity index (χ3v) is 4.11. The van der Waals surface area contributed by atoms with E-state index in [9.17, 15) is 19.8 Å². The number of nitrogens with one attached hydrogen (secondary N) is 1. The summed E-state index contributed by atoms with van der Waals surface area (Å²) in [5.41, 5.74) is 0.866. The number of rotatable bonds is 5. The van der Waals surface area contributed by atoms with Gasteiger partial charge in [-0.1, -0.05) is 13.8 Å². The first-order chi connectivity index (χ1) is 9.57. The Hall–Kier alpha value is -2.04. The molecule has 0 spiro atoms. The summed E-state index contributed by atoms with van der Waals surface area (Å²) in [5, 5.41) is 21.7. The second kappa shape index (κ2) is 6.16. The minimum atomic E-state index is -1.11. The van der Waals surface area contributed by atoms with Gasteiger partial charge in [-0.3, -0.25) is 9.59 Å². The first-order valence-corrected chi connectivity index (χ1v) is 6.91. The van der Waals surface area contributed by atoms with Crippen LogP contribution in [0.25, 0.3) is 0 Å². The number of benzene rings is 1. The number of phenols is 1. The zero-order chi connectivity index (χ0) is 16.4. The number of anilines is 1. The van der Waals surface area contributed by atoms with Crippen molar-refractivity contribution < 1.29 is 19.8 Å². The van der Waals surface area contributed by atoms with Crippen molar-refractivity contribution in [2.24, 2.45) is 11.3 Å². The molecular formula is C16H23NO4. The van der Waals surface area contributed by atoms with E-state index in [1.54, 1.807) is 46.8 Å². The number of phenolic OH excluding ortho intramolecular Hbond substituents is 1. The van der Waals surface area contributed by atoms with Gasteiger partial charge in [-0.15, -0.1) is 0 Å². The fourth-order valence-electron chi connectivity index (χ4n) is 1.99. The van der Waals surface area contributed by atoms with E-state index in [0.29, 0.717) is 11.3 Å². The van der Waals surface area contributed by atoms with Gasteiger partial charge in [0.15, 0.2) is 0 Å². The predicted octanol–water partition coefficient (Wildman–Crippen LogP) is 3.08. The number of hydrogen-bond donors (Lipinski definition) is 3. The van der Waals surface area contributed by atoms with Gasteiger partial charge in [0.2, 0.25) is 5.91 Å². The molecule has 1 unspecified atom stereocenters. The molecule has 0 aliphatic heterocycles. The van der Waals surface area contributed by atoms with Crippen LogP contribution in [0.1, 0.15) is 38.3 Å². The molecule has 116 valence electrons. The molecule has 1 aromatic rings. The fraction of sp³-hybridized carbons (Fsp3) is 0.500. The van der Waals surface area contributed by atoms with Crippen LogP contribution in [0.2, 0.25) is 0 Å². The summed E-state index contributed by atoms with van der Waals surface area (Å²) < 4.78 is 0. The maximum absolute atomic E-state index is 12.1. The summed E-state index contributed by atoms with van der Waals surface area (Å²) in [5.74, 6) is -1.32. The van der Waals surface area contributed by atoms with Crippen LogP contribution < -0.4 is 5.32 Å². The first-order valence-electron chi connectivity index (χ1n) is 6.91. The minimum absolute atomic E-state index is 0.0979. The maximum Gasteiger partial charge on any atom is 0.310 e. The van der Waals surface area contributed by atoms with Crippen LogP contribution in [-0.2, 0) is 9.59 Å². The van der Waals surface area contributed by atoms with E-state index in [1.807, 2.05) is 0 Å². The summed E-state index contributed by atoms with van der Waals surface area (Å²) in [7, 11) is 0. The minimum Gasteiger partial charge on any atom is -0.508 e. The van der Waals surface area contributed by atoms with E-state index in [0.717, 1.165) is 5.56 Å². The quantitative estimate of drug-likeness (QED) is 0.728. The van der Waals surface area contributed by atoms with Gasteiger partial charge in [-0.05, 0) is 49.9 Å². The fourth-order valence-corrected chi connectivity index (χ4v) is 1.99. The zero-order valence-corrected chi connectivity index (χ0v) is 13.2. The van der Waals surface area contributed by atoms with Crippen LogP contribution in [0.3, 0.4) is 0 Å². The highest BCUT2D eigenvalue weighted by Crippen LogP contribution is 2.32. The number of carbonyl (C=O) groups excluding carboxylic acids is 1. The Morgan fingerprint density at radius 1 is 1.24 bits per heavy atom. The largest absolute Gasteiger partial charge is 0.508 e. The summed E-state index contributed by atoms with van der Waals surface area (Å²) in [4.78, 5) is 23.6. The van der Waals surface area contributed by atoms with E-state index in [1.165, 1.54) is 0 Å². The summed E-state index contributed by atoms with van der Waals surface area (Å²) >= 11 is 0. The second-order valence-corrected chi connectivity index (χ2v) is 6.06. The molecule has 0 saturated heterocycles. The third kappa shape index (κ3) is 3.74. The molecule has 0 fully saturated rings. The maximum atomic E-state index is 12.1. The average molecular weight is 293 g/mol. The van der Waals surface area contributed by atoms with Crippen molar-refractivity contribution in [3.63, 3.8) is 0 Å². The topological polar surface area (TPSA) is 86.6 Å². The zero-order valence-electron chi connectivity index (χ0n) is 13.2. The van der Waals surface area contributed by atoms with Crippen molar-refractivity contribution in [2.75, 3.05) is 5.32 Å². The SMILES string of the molecule is Cc1cc(NC(=O)CC(C)(C(=O)O)C(C)C)c(C)cc1O. The molecule has 5 nitrogen and oxygen atoms in total. The second-order valence-electron chi connectivity index (χ2n) is 6.06. The van der Waals surface area contributed by atoms with E-state index >= 15 is 0 Å².